The molecule has 1 aromatic rings. The van der Waals surface area contributed by atoms with E-state index in [9.17, 15) is 26.7 Å². The van der Waals surface area contributed by atoms with Crippen molar-refractivity contribution in [3.63, 3.8) is 0 Å². The summed E-state index contributed by atoms with van der Waals surface area (Å²) in [6, 6.07) is 0. The zero-order valence-corrected chi connectivity index (χ0v) is 11.9. The van der Waals surface area contributed by atoms with Crippen LogP contribution in [0.2, 0.25) is 0 Å². The summed E-state index contributed by atoms with van der Waals surface area (Å²) >= 11 is 0. The van der Waals surface area contributed by atoms with Gasteiger partial charge in [-0.3, -0.25) is 4.79 Å². The summed E-state index contributed by atoms with van der Waals surface area (Å²) in [4.78, 5) is 11.6. The Balaban J connectivity index is 3.12. The molecule has 0 saturated heterocycles. The maximum Gasteiger partial charge on any atom is 0.308 e. The lowest BCUT2D eigenvalue weighted by molar-refractivity contribution is -0.145. The topological polar surface area (TPSA) is 26.3 Å². The fourth-order valence-electron chi connectivity index (χ4n) is 2.05. The third-order valence-corrected chi connectivity index (χ3v) is 3.25. The number of rotatable bonds is 7. The highest BCUT2D eigenvalue weighted by atomic mass is 19.2. The summed E-state index contributed by atoms with van der Waals surface area (Å²) in [6.45, 7) is 3.49. The van der Waals surface area contributed by atoms with Gasteiger partial charge in [0.25, 0.3) is 0 Å². The van der Waals surface area contributed by atoms with Crippen molar-refractivity contribution in [2.45, 2.75) is 25.7 Å². The lowest BCUT2D eigenvalue weighted by atomic mass is 9.93. The van der Waals surface area contributed by atoms with E-state index in [1.165, 1.54) is 0 Å². The summed E-state index contributed by atoms with van der Waals surface area (Å²) in [5.74, 6) is -11.9. The SMILES string of the molecule is C=CCCCC(Cc1c(F)c(F)c(F)c(F)c1F)C(=O)OC. The Bertz CT molecular complexity index is 543. The van der Waals surface area contributed by atoms with Crippen molar-refractivity contribution in [3.8, 4) is 0 Å². The average Bonchev–Trinajstić information content (AvgIpc) is 2.52. The zero-order valence-electron chi connectivity index (χ0n) is 11.9. The van der Waals surface area contributed by atoms with Gasteiger partial charge in [-0.05, 0) is 25.7 Å². The van der Waals surface area contributed by atoms with Crippen LogP contribution in [0.1, 0.15) is 24.8 Å². The number of methoxy groups -OCH3 is 1. The van der Waals surface area contributed by atoms with Gasteiger partial charge in [0.1, 0.15) is 0 Å². The molecule has 1 atom stereocenters. The van der Waals surface area contributed by atoms with Crippen molar-refractivity contribution in [2.24, 2.45) is 5.92 Å². The number of carbonyl (C=O) groups is 1. The molecular weight excluding hydrogens is 307 g/mol. The van der Waals surface area contributed by atoms with Gasteiger partial charge in [0.05, 0.1) is 13.0 Å². The van der Waals surface area contributed by atoms with Crippen molar-refractivity contribution in [2.75, 3.05) is 7.11 Å². The summed E-state index contributed by atoms with van der Waals surface area (Å²) in [5, 5.41) is 0. The third-order valence-electron chi connectivity index (χ3n) is 3.25. The highest BCUT2D eigenvalue weighted by Crippen LogP contribution is 2.27. The molecule has 0 aromatic heterocycles. The van der Waals surface area contributed by atoms with Gasteiger partial charge < -0.3 is 4.74 Å². The quantitative estimate of drug-likeness (QED) is 0.189. The summed E-state index contributed by atoms with van der Waals surface area (Å²) < 4.78 is 71.0. The number of carbonyl (C=O) groups excluding carboxylic acids is 1. The minimum atomic E-state index is -2.22. The van der Waals surface area contributed by atoms with Gasteiger partial charge in [-0.2, -0.15) is 0 Å². The number of ether oxygens (including phenoxy) is 1. The van der Waals surface area contributed by atoms with Crippen molar-refractivity contribution in [3.05, 3.63) is 47.3 Å². The molecule has 22 heavy (non-hydrogen) atoms. The van der Waals surface area contributed by atoms with Gasteiger partial charge in [-0.25, -0.2) is 22.0 Å². The molecule has 0 radical (unpaired) electrons. The number of benzene rings is 1. The lowest BCUT2D eigenvalue weighted by Crippen LogP contribution is -2.21. The summed E-state index contributed by atoms with van der Waals surface area (Å²) in [6.07, 6.45) is 2.16. The van der Waals surface area contributed by atoms with Crippen molar-refractivity contribution >= 4 is 5.97 Å². The van der Waals surface area contributed by atoms with Crippen LogP contribution in [0, 0.1) is 35.0 Å². The Kier molecular flexibility index (Phi) is 6.52. The molecule has 0 aliphatic carbocycles. The van der Waals surface area contributed by atoms with Gasteiger partial charge in [0.2, 0.25) is 5.82 Å². The molecule has 0 spiro atoms. The van der Waals surface area contributed by atoms with E-state index in [0.29, 0.717) is 12.8 Å². The van der Waals surface area contributed by atoms with E-state index < -0.39 is 53.0 Å². The number of hydrogen-bond donors (Lipinski definition) is 0. The molecule has 0 saturated carbocycles. The molecule has 0 fully saturated rings. The fourth-order valence-corrected chi connectivity index (χ4v) is 2.05. The Hall–Kier alpha value is -1.92. The standard InChI is InChI=1S/C15H15F5O2/c1-3-4-5-6-8(15(21)22-2)7-9-10(16)12(18)14(20)13(19)11(9)17/h3,8H,1,4-7H2,2H3. The van der Waals surface area contributed by atoms with Crippen LogP contribution in [0.4, 0.5) is 22.0 Å². The van der Waals surface area contributed by atoms with Crippen LogP contribution in [0.25, 0.3) is 0 Å². The van der Waals surface area contributed by atoms with Crippen molar-refractivity contribution in [1.82, 2.24) is 0 Å². The Labute approximate surface area is 124 Å². The Morgan fingerprint density at radius 1 is 1.09 bits per heavy atom. The van der Waals surface area contributed by atoms with E-state index in [-0.39, 0.29) is 6.42 Å². The van der Waals surface area contributed by atoms with E-state index in [1.54, 1.807) is 6.08 Å². The van der Waals surface area contributed by atoms with Gasteiger partial charge in [-0.1, -0.05) is 6.08 Å². The van der Waals surface area contributed by atoms with Crippen LogP contribution >= 0.6 is 0 Å². The van der Waals surface area contributed by atoms with Crippen molar-refractivity contribution < 1.29 is 31.5 Å². The highest BCUT2D eigenvalue weighted by molar-refractivity contribution is 5.72. The lowest BCUT2D eigenvalue weighted by Gasteiger charge is -2.16. The molecule has 1 aromatic carbocycles. The summed E-state index contributed by atoms with van der Waals surface area (Å²) in [5.41, 5.74) is -1.01. The number of halogens is 5. The number of allylic oxidation sites excluding steroid dienone is 1. The zero-order chi connectivity index (χ0) is 16.9. The van der Waals surface area contributed by atoms with Gasteiger partial charge in [0.15, 0.2) is 23.3 Å². The predicted molar refractivity (Wildman–Crippen MR) is 69.5 cm³/mol. The molecule has 0 bridgehead atoms. The van der Waals surface area contributed by atoms with E-state index >= 15 is 0 Å². The predicted octanol–water partition coefficient (Wildman–Crippen LogP) is 4.07. The fraction of sp³-hybridized carbons (Fsp3) is 0.400. The summed E-state index contributed by atoms with van der Waals surface area (Å²) in [7, 11) is 1.08. The van der Waals surface area contributed by atoms with Crippen LogP contribution in [-0.2, 0) is 16.0 Å². The van der Waals surface area contributed by atoms with E-state index in [4.69, 9.17) is 0 Å². The van der Waals surface area contributed by atoms with Crippen LogP contribution in [-0.4, -0.2) is 13.1 Å². The molecular formula is C15H15F5O2. The highest BCUT2D eigenvalue weighted by Gasteiger charge is 2.29. The monoisotopic (exact) mass is 322 g/mol. The van der Waals surface area contributed by atoms with Crippen LogP contribution in [0.5, 0.6) is 0 Å². The first-order valence-corrected chi connectivity index (χ1v) is 6.54. The minimum absolute atomic E-state index is 0.179. The maximum absolute atomic E-state index is 13.6. The maximum atomic E-state index is 13.6. The largest absolute Gasteiger partial charge is 0.469 e. The first-order valence-electron chi connectivity index (χ1n) is 6.54. The molecule has 1 rings (SSSR count). The first kappa shape index (κ1) is 18.1. The van der Waals surface area contributed by atoms with Gasteiger partial charge >= 0.3 is 5.97 Å². The molecule has 0 amide bonds. The molecule has 0 aliphatic rings. The molecule has 0 heterocycles. The van der Waals surface area contributed by atoms with Crippen molar-refractivity contribution in [1.29, 1.82) is 0 Å². The van der Waals surface area contributed by atoms with Crippen LogP contribution < -0.4 is 0 Å². The smallest absolute Gasteiger partial charge is 0.308 e. The number of unbranched alkanes of at least 4 members (excludes halogenated alkanes) is 1. The minimum Gasteiger partial charge on any atom is -0.469 e. The van der Waals surface area contributed by atoms with E-state index in [2.05, 4.69) is 11.3 Å². The molecule has 122 valence electrons. The number of hydrogen-bond acceptors (Lipinski definition) is 2. The molecule has 0 N–H and O–H groups in total. The van der Waals surface area contributed by atoms with Crippen LogP contribution in [0.3, 0.4) is 0 Å². The van der Waals surface area contributed by atoms with Gasteiger partial charge in [0, 0.05) is 5.56 Å². The molecule has 0 aliphatic heterocycles. The molecule has 7 heteroatoms. The molecule has 2 nitrogen and oxygen atoms in total. The van der Waals surface area contributed by atoms with E-state index in [1.807, 2.05) is 0 Å². The van der Waals surface area contributed by atoms with Gasteiger partial charge in [-0.15, -0.1) is 6.58 Å². The third kappa shape index (κ3) is 3.84. The second-order valence-corrected chi connectivity index (χ2v) is 4.69. The normalized spacial score (nSPS) is 12.1. The molecule has 1 unspecified atom stereocenters. The Morgan fingerprint density at radius 3 is 2.05 bits per heavy atom. The number of esters is 1. The van der Waals surface area contributed by atoms with Crippen LogP contribution in [0.15, 0.2) is 12.7 Å². The Morgan fingerprint density at radius 2 is 1.59 bits per heavy atom. The van der Waals surface area contributed by atoms with E-state index in [0.717, 1.165) is 7.11 Å². The second-order valence-electron chi connectivity index (χ2n) is 4.69. The first-order chi connectivity index (χ1) is 10.3. The second kappa shape index (κ2) is 7.91. The average molecular weight is 322 g/mol.